The number of anilines is 3. The summed E-state index contributed by atoms with van der Waals surface area (Å²) in [5, 5.41) is 4.44. The van der Waals surface area contributed by atoms with E-state index in [9.17, 15) is 0 Å². The molecule has 0 N–H and O–H groups in total. The number of hydrogen-bond acceptors (Lipinski definition) is 3. The topological polar surface area (TPSA) is 29.5 Å². The van der Waals surface area contributed by atoms with Crippen LogP contribution in [-0.2, 0) is 5.41 Å². The molecule has 0 amide bonds. The van der Waals surface area contributed by atoms with E-state index in [4.69, 9.17) is 8.83 Å². The van der Waals surface area contributed by atoms with Gasteiger partial charge in [0.25, 0.3) is 0 Å². The van der Waals surface area contributed by atoms with Crippen molar-refractivity contribution in [1.82, 2.24) is 0 Å². The largest absolute Gasteiger partial charge is 0.456 e. The number of para-hydroxylation sites is 3. The SMILES string of the molecule is c1ccc(N(c2ccc(-c3cc(-c4cccc5oc6ccccc6c45)cc(-c4cccc5oc6ccccc6c45)c3)cc2)c2ccc3c(c2)C(c2ccccc2)(c2ccccc2)c2ccccc2-3)cc1. The minimum atomic E-state index is -0.514. The number of furan rings is 2. The molecule has 0 atom stereocenters. The minimum absolute atomic E-state index is 0.514. The number of nitrogens with zero attached hydrogens (tertiary/aromatic N) is 1. The van der Waals surface area contributed by atoms with Gasteiger partial charge in [0.1, 0.15) is 22.3 Å². The van der Waals surface area contributed by atoms with Crippen LogP contribution < -0.4 is 4.90 Å². The lowest BCUT2D eigenvalue weighted by Gasteiger charge is -2.35. The maximum absolute atomic E-state index is 6.43. The van der Waals surface area contributed by atoms with Gasteiger partial charge in [-0.15, -0.1) is 0 Å². The highest BCUT2D eigenvalue weighted by Crippen LogP contribution is 2.57. The molecule has 14 rings (SSSR count). The summed E-state index contributed by atoms with van der Waals surface area (Å²) < 4.78 is 12.9. The van der Waals surface area contributed by atoms with Crippen molar-refractivity contribution in [2.24, 2.45) is 0 Å². The summed E-state index contributed by atoms with van der Waals surface area (Å²) in [6.45, 7) is 0. The molecule has 0 bridgehead atoms. The van der Waals surface area contributed by atoms with Crippen LogP contribution in [-0.4, -0.2) is 0 Å². The van der Waals surface area contributed by atoms with Crippen LogP contribution in [0, 0.1) is 0 Å². The van der Waals surface area contributed by atoms with E-state index in [1.807, 2.05) is 12.1 Å². The highest BCUT2D eigenvalue weighted by Gasteiger charge is 2.46. The Morgan fingerprint density at radius 1 is 0.271 bits per heavy atom. The Morgan fingerprint density at radius 2 is 0.714 bits per heavy atom. The minimum Gasteiger partial charge on any atom is -0.456 e. The van der Waals surface area contributed by atoms with E-state index >= 15 is 0 Å². The van der Waals surface area contributed by atoms with Gasteiger partial charge in [0.15, 0.2) is 0 Å². The Morgan fingerprint density at radius 3 is 1.31 bits per heavy atom. The molecule has 2 heterocycles. The Kier molecular flexibility index (Phi) is 9.11. The van der Waals surface area contributed by atoms with E-state index in [0.29, 0.717) is 0 Å². The molecule has 3 nitrogen and oxygen atoms in total. The summed E-state index contributed by atoms with van der Waals surface area (Å²) in [6.07, 6.45) is 0. The second-order valence-corrected chi connectivity index (χ2v) is 18.3. The van der Waals surface area contributed by atoms with E-state index < -0.39 is 5.41 Å². The van der Waals surface area contributed by atoms with Gasteiger partial charge in [0.2, 0.25) is 0 Å². The highest BCUT2D eigenvalue weighted by atomic mass is 16.3. The zero-order valence-electron chi connectivity index (χ0n) is 38.1. The molecule has 1 aliphatic carbocycles. The highest BCUT2D eigenvalue weighted by molar-refractivity contribution is 6.15. The fourth-order valence-electron chi connectivity index (χ4n) is 11.5. The molecule has 0 fully saturated rings. The van der Waals surface area contributed by atoms with Crippen molar-refractivity contribution >= 4 is 60.9 Å². The van der Waals surface area contributed by atoms with Gasteiger partial charge in [-0.25, -0.2) is 0 Å². The second kappa shape index (κ2) is 16.0. The van der Waals surface area contributed by atoms with Crippen molar-refractivity contribution in [3.8, 4) is 44.5 Å². The number of fused-ring (bicyclic) bond motifs is 9. The van der Waals surface area contributed by atoms with E-state index in [1.54, 1.807) is 0 Å². The van der Waals surface area contributed by atoms with Gasteiger partial charge >= 0.3 is 0 Å². The van der Waals surface area contributed by atoms with Crippen molar-refractivity contribution in [1.29, 1.82) is 0 Å². The Balaban J connectivity index is 0.946. The second-order valence-electron chi connectivity index (χ2n) is 18.3. The molecule has 3 heteroatoms. The lowest BCUT2D eigenvalue weighted by atomic mass is 9.67. The molecule has 11 aromatic carbocycles. The van der Waals surface area contributed by atoms with Gasteiger partial charge in [-0.1, -0.05) is 182 Å². The van der Waals surface area contributed by atoms with Gasteiger partial charge in [0.05, 0.1) is 5.41 Å². The Labute approximate surface area is 405 Å². The molecular formula is C67H43NO2. The summed E-state index contributed by atoms with van der Waals surface area (Å²) in [5.74, 6) is 0. The fraction of sp³-hybridized carbons (Fsp3) is 0.0149. The predicted octanol–water partition coefficient (Wildman–Crippen LogP) is 18.3. The first-order chi connectivity index (χ1) is 34.7. The molecule has 0 saturated carbocycles. The monoisotopic (exact) mass is 893 g/mol. The standard InChI is InChI=1S/C67H43NO2/c1-4-18-48(19-5-1)67(49-20-6-2-7-21-49)59-29-13-10-24-55(59)56-39-38-52(43-60(56)67)68(50-22-8-3-9-23-50)51-36-34-44(35-37-51)45-40-46(53-27-16-32-63-65(53)57-25-11-14-30-61(57)69-63)42-47(41-45)54-28-17-33-64-66(54)58-26-12-15-31-62(58)70-64/h1-43H. The Hall–Kier alpha value is -9.18. The maximum Gasteiger partial charge on any atom is 0.136 e. The molecule has 70 heavy (non-hydrogen) atoms. The van der Waals surface area contributed by atoms with E-state index in [-0.39, 0.29) is 0 Å². The van der Waals surface area contributed by atoms with Gasteiger partial charge < -0.3 is 13.7 Å². The third-order valence-corrected chi connectivity index (χ3v) is 14.5. The van der Waals surface area contributed by atoms with Gasteiger partial charge in [0, 0.05) is 38.6 Å². The Bertz CT molecular complexity index is 3940. The van der Waals surface area contributed by atoms with Crippen LogP contribution in [0.4, 0.5) is 17.1 Å². The molecular weight excluding hydrogens is 851 g/mol. The first-order valence-electron chi connectivity index (χ1n) is 24.0. The fourth-order valence-corrected chi connectivity index (χ4v) is 11.5. The average molecular weight is 894 g/mol. The molecule has 0 aliphatic heterocycles. The van der Waals surface area contributed by atoms with Crippen LogP contribution in [0.3, 0.4) is 0 Å². The first-order valence-corrected chi connectivity index (χ1v) is 24.0. The molecule has 0 unspecified atom stereocenters. The van der Waals surface area contributed by atoms with Crippen LogP contribution in [0.15, 0.2) is 270 Å². The van der Waals surface area contributed by atoms with E-state index in [0.717, 1.165) is 94.3 Å². The van der Waals surface area contributed by atoms with Crippen molar-refractivity contribution in [3.63, 3.8) is 0 Å². The molecule has 13 aromatic rings. The predicted molar refractivity (Wildman–Crippen MR) is 289 cm³/mol. The first kappa shape index (κ1) is 39.9. The van der Waals surface area contributed by atoms with Gasteiger partial charge in [-0.3, -0.25) is 0 Å². The average Bonchev–Trinajstić information content (AvgIpc) is 4.10. The van der Waals surface area contributed by atoms with Crippen LogP contribution in [0.1, 0.15) is 22.3 Å². The van der Waals surface area contributed by atoms with Crippen LogP contribution >= 0.6 is 0 Å². The molecule has 2 aromatic heterocycles. The molecule has 328 valence electrons. The van der Waals surface area contributed by atoms with Gasteiger partial charge in [-0.05, 0) is 146 Å². The van der Waals surface area contributed by atoms with E-state index in [2.05, 4.69) is 254 Å². The van der Waals surface area contributed by atoms with Crippen molar-refractivity contribution in [2.45, 2.75) is 5.41 Å². The number of benzene rings is 11. The van der Waals surface area contributed by atoms with E-state index in [1.165, 1.54) is 33.4 Å². The molecule has 1 aliphatic rings. The van der Waals surface area contributed by atoms with Crippen molar-refractivity contribution < 1.29 is 8.83 Å². The third-order valence-electron chi connectivity index (χ3n) is 14.5. The third kappa shape index (κ3) is 6.15. The normalized spacial score (nSPS) is 12.7. The lowest BCUT2D eigenvalue weighted by Crippen LogP contribution is -2.28. The van der Waals surface area contributed by atoms with Crippen LogP contribution in [0.5, 0.6) is 0 Å². The smallest absolute Gasteiger partial charge is 0.136 e. The quantitative estimate of drug-likeness (QED) is 0.152. The van der Waals surface area contributed by atoms with Crippen molar-refractivity contribution in [3.05, 3.63) is 283 Å². The summed E-state index contributed by atoms with van der Waals surface area (Å²) in [6, 6.07) is 94.4. The molecule has 0 radical (unpaired) electrons. The molecule has 0 saturated heterocycles. The zero-order chi connectivity index (χ0) is 46.2. The van der Waals surface area contributed by atoms with Gasteiger partial charge in [-0.2, -0.15) is 0 Å². The maximum atomic E-state index is 6.43. The van der Waals surface area contributed by atoms with Crippen LogP contribution in [0.25, 0.3) is 88.4 Å². The lowest BCUT2D eigenvalue weighted by molar-refractivity contribution is 0.668. The number of rotatable bonds is 8. The number of hydrogen-bond donors (Lipinski definition) is 0. The molecule has 0 spiro atoms. The summed E-state index contributed by atoms with van der Waals surface area (Å²) in [7, 11) is 0. The zero-order valence-corrected chi connectivity index (χ0v) is 38.1. The summed E-state index contributed by atoms with van der Waals surface area (Å²) in [5.41, 5.74) is 20.5. The van der Waals surface area contributed by atoms with Crippen molar-refractivity contribution in [2.75, 3.05) is 4.90 Å². The summed E-state index contributed by atoms with van der Waals surface area (Å²) in [4.78, 5) is 2.39. The van der Waals surface area contributed by atoms with Crippen LogP contribution in [0.2, 0.25) is 0 Å². The summed E-state index contributed by atoms with van der Waals surface area (Å²) >= 11 is 0.